The SMILES string of the molecule is CCOC(=O)C[C@H]1C(=O)NCCN1Cc1ccoc1. The normalized spacial score (nSPS) is 20.1. The number of ether oxygens (including phenoxy) is 1. The van der Waals surface area contributed by atoms with E-state index in [1.54, 1.807) is 19.5 Å². The van der Waals surface area contributed by atoms with E-state index in [1.807, 2.05) is 11.0 Å². The molecular formula is C13H18N2O4. The van der Waals surface area contributed by atoms with Crippen LogP contribution in [0.1, 0.15) is 18.9 Å². The van der Waals surface area contributed by atoms with Crippen LogP contribution in [0.3, 0.4) is 0 Å². The largest absolute Gasteiger partial charge is 0.472 e. The summed E-state index contributed by atoms with van der Waals surface area (Å²) in [4.78, 5) is 25.4. The highest BCUT2D eigenvalue weighted by Crippen LogP contribution is 2.14. The number of furan rings is 1. The number of nitrogens with one attached hydrogen (secondary N) is 1. The number of amides is 1. The molecule has 6 nitrogen and oxygen atoms in total. The van der Waals surface area contributed by atoms with Gasteiger partial charge in [-0.3, -0.25) is 14.5 Å². The fourth-order valence-electron chi connectivity index (χ4n) is 2.17. The molecule has 2 rings (SSSR count). The first-order valence-corrected chi connectivity index (χ1v) is 6.39. The minimum absolute atomic E-state index is 0.0809. The summed E-state index contributed by atoms with van der Waals surface area (Å²) in [6.07, 6.45) is 3.32. The van der Waals surface area contributed by atoms with Crippen molar-refractivity contribution in [3.63, 3.8) is 0 Å². The molecular weight excluding hydrogens is 248 g/mol. The quantitative estimate of drug-likeness (QED) is 0.787. The number of nitrogens with zero attached hydrogens (tertiary/aromatic N) is 1. The maximum Gasteiger partial charge on any atom is 0.307 e. The van der Waals surface area contributed by atoms with Crippen molar-refractivity contribution in [3.8, 4) is 0 Å². The van der Waals surface area contributed by atoms with Crippen molar-refractivity contribution >= 4 is 11.9 Å². The van der Waals surface area contributed by atoms with Gasteiger partial charge in [0.2, 0.25) is 5.91 Å². The van der Waals surface area contributed by atoms with Crippen LogP contribution in [-0.4, -0.2) is 42.5 Å². The fourth-order valence-corrected chi connectivity index (χ4v) is 2.17. The molecule has 0 spiro atoms. The number of hydrogen-bond acceptors (Lipinski definition) is 5. The van der Waals surface area contributed by atoms with E-state index in [0.717, 1.165) is 5.56 Å². The summed E-state index contributed by atoms with van der Waals surface area (Å²) in [6, 6.07) is 1.39. The number of rotatable bonds is 5. The Morgan fingerprint density at radius 1 is 1.63 bits per heavy atom. The Bertz CT molecular complexity index is 430. The number of piperazine rings is 1. The third-order valence-corrected chi connectivity index (χ3v) is 3.07. The van der Waals surface area contributed by atoms with Gasteiger partial charge in [0, 0.05) is 25.2 Å². The molecule has 1 aromatic rings. The second-order valence-electron chi connectivity index (χ2n) is 4.42. The minimum Gasteiger partial charge on any atom is -0.472 e. The van der Waals surface area contributed by atoms with Crippen LogP contribution in [-0.2, 0) is 20.9 Å². The molecule has 2 heterocycles. The highest BCUT2D eigenvalue weighted by atomic mass is 16.5. The van der Waals surface area contributed by atoms with Gasteiger partial charge in [-0.05, 0) is 13.0 Å². The van der Waals surface area contributed by atoms with Crippen LogP contribution >= 0.6 is 0 Å². The monoisotopic (exact) mass is 266 g/mol. The lowest BCUT2D eigenvalue weighted by Gasteiger charge is -2.34. The Morgan fingerprint density at radius 3 is 3.16 bits per heavy atom. The van der Waals surface area contributed by atoms with Crippen LogP contribution in [0.4, 0.5) is 0 Å². The number of esters is 1. The first-order chi connectivity index (χ1) is 9.20. The van der Waals surface area contributed by atoms with E-state index in [1.165, 1.54) is 0 Å². The van der Waals surface area contributed by atoms with E-state index in [4.69, 9.17) is 9.15 Å². The molecule has 1 aliphatic rings. The minimum atomic E-state index is -0.470. The average molecular weight is 266 g/mol. The Kier molecular flexibility index (Phi) is 4.57. The summed E-state index contributed by atoms with van der Waals surface area (Å²) in [5, 5.41) is 2.78. The Balaban J connectivity index is 2.01. The van der Waals surface area contributed by atoms with E-state index >= 15 is 0 Å². The van der Waals surface area contributed by atoms with Crippen molar-refractivity contribution in [1.29, 1.82) is 0 Å². The van der Waals surface area contributed by atoms with Crippen LogP contribution in [0, 0.1) is 0 Å². The second-order valence-corrected chi connectivity index (χ2v) is 4.42. The van der Waals surface area contributed by atoms with Gasteiger partial charge in [-0.25, -0.2) is 0 Å². The zero-order valence-electron chi connectivity index (χ0n) is 10.9. The number of hydrogen-bond donors (Lipinski definition) is 1. The van der Waals surface area contributed by atoms with Gasteiger partial charge in [0.1, 0.15) is 6.04 Å². The highest BCUT2D eigenvalue weighted by molar-refractivity contribution is 5.87. The molecule has 104 valence electrons. The standard InChI is InChI=1S/C13H18N2O4/c1-2-19-12(16)7-11-13(17)14-4-5-15(11)8-10-3-6-18-9-10/h3,6,9,11H,2,4-5,7-8H2,1H3,(H,14,17)/t11-/m0/s1. The Labute approximate surface area is 111 Å². The molecule has 0 radical (unpaired) electrons. The van der Waals surface area contributed by atoms with Gasteiger partial charge in [0.15, 0.2) is 0 Å². The topological polar surface area (TPSA) is 71.8 Å². The van der Waals surface area contributed by atoms with Crippen LogP contribution < -0.4 is 5.32 Å². The molecule has 0 bridgehead atoms. The van der Waals surface area contributed by atoms with Crippen molar-refractivity contribution in [2.45, 2.75) is 25.9 Å². The lowest BCUT2D eigenvalue weighted by atomic mass is 10.1. The van der Waals surface area contributed by atoms with Crippen molar-refractivity contribution in [2.24, 2.45) is 0 Å². The molecule has 1 amide bonds. The van der Waals surface area contributed by atoms with Crippen LogP contribution in [0.2, 0.25) is 0 Å². The molecule has 1 saturated heterocycles. The zero-order chi connectivity index (χ0) is 13.7. The summed E-state index contributed by atoms with van der Waals surface area (Å²) in [5.41, 5.74) is 0.989. The van der Waals surface area contributed by atoms with Gasteiger partial charge in [-0.1, -0.05) is 0 Å². The predicted molar refractivity (Wildman–Crippen MR) is 67.2 cm³/mol. The molecule has 1 aromatic heterocycles. The van der Waals surface area contributed by atoms with Gasteiger partial charge >= 0.3 is 5.97 Å². The first kappa shape index (κ1) is 13.6. The van der Waals surface area contributed by atoms with Crippen LogP contribution in [0.15, 0.2) is 23.0 Å². The number of carbonyl (C=O) groups is 2. The van der Waals surface area contributed by atoms with E-state index in [-0.39, 0.29) is 18.3 Å². The van der Waals surface area contributed by atoms with E-state index in [2.05, 4.69) is 5.32 Å². The maximum absolute atomic E-state index is 11.9. The molecule has 0 saturated carbocycles. The molecule has 1 fully saturated rings. The summed E-state index contributed by atoms with van der Waals surface area (Å²) >= 11 is 0. The maximum atomic E-state index is 11.9. The molecule has 1 N–H and O–H groups in total. The Morgan fingerprint density at radius 2 is 2.47 bits per heavy atom. The average Bonchev–Trinajstić information content (AvgIpc) is 2.87. The molecule has 6 heteroatoms. The van der Waals surface area contributed by atoms with Crippen molar-refractivity contribution in [3.05, 3.63) is 24.2 Å². The summed E-state index contributed by atoms with van der Waals surface area (Å²) < 4.78 is 9.93. The third-order valence-electron chi connectivity index (χ3n) is 3.07. The van der Waals surface area contributed by atoms with Crippen molar-refractivity contribution in [1.82, 2.24) is 10.2 Å². The van der Waals surface area contributed by atoms with E-state index in [0.29, 0.717) is 26.2 Å². The van der Waals surface area contributed by atoms with Gasteiger partial charge in [-0.2, -0.15) is 0 Å². The van der Waals surface area contributed by atoms with E-state index < -0.39 is 6.04 Å². The van der Waals surface area contributed by atoms with E-state index in [9.17, 15) is 9.59 Å². The van der Waals surface area contributed by atoms with Crippen molar-refractivity contribution in [2.75, 3.05) is 19.7 Å². The molecule has 1 aliphatic heterocycles. The summed E-state index contributed by atoms with van der Waals surface area (Å²) in [6.45, 7) is 3.97. The van der Waals surface area contributed by atoms with Gasteiger partial charge in [-0.15, -0.1) is 0 Å². The molecule has 0 unspecified atom stereocenters. The molecule has 19 heavy (non-hydrogen) atoms. The lowest BCUT2D eigenvalue weighted by Crippen LogP contribution is -2.55. The predicted octanol–water partition coefficient (Wildman–Crippen LogP) is 0.533. The van der Waals surface area contributed by atoms with Gasteiger partial charge in [0.25, 0.3) is 0 Å². The van der Waals surface area contributed by atoms with Crippen LogP contribution in [0.25, 0.3) is 0 Å². The fraction of sp³-hybridized carbons (Fsp3) is 0.538. The summed E-state index contributed by atoms with van der Waals surface area (Å²) in [5.74, 6) is -0.468. The van der Waals surface area contributed by atoms with Gasteiger partial charge < -0.3 is 14.5 Å². The third kappa shape index (κ3) is 3.57. The highest BCUT2D eigenvalue weighted by Gasteiger charge is 2.32. The van der Waals surface area contributed by atoms with Crippen molar-refractivity contribution < 1.29 is 18.7 Å². The smallest absolute Gasteiger partial charge is 0.307 e. The molecule has 1 atom stereocenters. The zero-order valence-corrected chi connectivity index (χ0v) is 10.9. The summed E-state index contributed by atoms with van der Waals surface area (Å²) in [7, 11) is 0. The van der Waals surface area contributed by atoms with Gasteiger partial charge in [0.05, 0.1) is 25.6 Å². The first-order valence-electron chi connectivity index (χ1n) is 6.39. The van der Waals surface area contributed by atoms with Crippen LogP contribution in [0.5, 0.6) is 0 Å². The Hall–Kier alpha value is -1.82. The lowest BCUT2D eigenvalue weighted by molar-refractivity contribution is -0.148. The molecule has 0 aliphatic carbocycles. The number of carbonyl (C=O) groups excluding carboxylic acids is 2. The molecule has 0 aromatic carbocycles. The second kappa shape index (κ2) is 6.38.